The zero-order valence-corrected chi connectivity index (χ0v) is 11.7. The van der Waals surface area contributed by atoms with Crippen LogP contribution in [0.5, 0.6) is 0 Å². The van der Waals surface area contributed by atoms with Gasteiger partial charge in [-0.2, -0.15) is 0 Å². The summed E-state index contributed by atoms with van der Waals surface area (Å²) in [6.45, 7) is 5.97. The van der Waals surface area contributed by atoms with E-state index >= 15 is 0 Å². The minimum Gasteiger partial charge on any atom is -0.444 e. The van der Waals surface area contributed by atoms with E-state index in [2.05, 4.69) is 10.6 Å². The van der Waals surface area contributed by atoms with Crippen LogP contribution >= 0.6 is 0 Å². The second-order valence-corrected chi connectivity index (χ2v) is 5.15. The van der Waals surface area contributed by atoms with Crippen molar-refractivity contribution >= 4 is 12.0 Å². The Morgan fingerprint density at radius 1 is 1.28 bits per heavy atom. The van der Waals surface area contributed by atoms with Crippen LogP contribution in [-0.4, -0.2) is 37.2 Å². The molecule has 0 aromatic rings. The Kier molecular flexibility index (Phi) is 7.35. The molecule has 0 aromatic heterocycles. The highest BCUT2D eigenvalue weighted by atomic mass is 16.6. The van der Waals surface area contributed by atoms with Crippen molar-refractivity contribution in [2.24, 2.45) is 5.73 Å². The third-order valence-corrected chi connectivity index (χ3v) is 2.19. The number of nitrogens with two attached hydrogens (primary N) is 1. The molecule has 6 heteroatoms. The molecule has 6 nitrogen and oxygen atoms in total. The van der Waals surface area contributed by atoms with E-state index in [1.165, 1.54) is 0 Å². The van der Waals surface area contributed by atoms with Gasteiger partial charge in [-0.15, -0.1) is 0 Å². The highest BCUT2D eigenvalue weighted by Crippen LogP contribution is 2.06. The first-order chi connectivity index (χ1) is 8.26. The molecule has 18 heavy (non-hydrogen) atoms. The summed E-state index contributed by atoms with van der Waals surface area (Å²) in [5, 5.41) is 5.15. The Morgan fingerprint density at radius 3 is 2.39 bits per heavy atom. The SMILES string of the molecule is CNC(=O)[C@H](N)CCCCNC(=O)OC(C)(C)C. The van der Waals surface area contributed by atoms with Crippen LogP contribution in [-0.2, 0) is 9.53 Å². The number of unbranched alkanes of at least 4 members (excludes halogenated alkanes) is 1. The standard InChI is InChI=1S/C12H25N3O3/c1-12(2,3)18-11(17)15-8-6-5-7-9(13)10(16)14-4/h9H,5-8,13H2,1-4H3,(H,14,16)(H,15,17)/t9-/m1/s1. The van der Waals surface area contributed by atoms with Crippen molar-refractivity contribution < 1.29 is 14.3 Å². The molecule has 4 N–H and O–H groups in total. The second-order valence-electron chi connectivity index (χ2n) is 5.15. The van der Waals surface area contributed by atoms with Gasteiger partial charge in [-0.05, 0) is 40.0 Å². The van der Waals surface area contributed by atoms with Crippen molar-refractivity contribution in [1.29, 1.82) is 0 Å². The zero-order chi connectivity index (χ0) is 14.2. The molecule has 0 fully saturated rings. The smallest absolute Gasteiger partial charge is 0.407 e. The van der Waals surface area contributed by atoms with E-state index in [-0.39, 0.29) is 5.91 Å². The summed E-state index contributed by atoms with van der Waals surface area (Å²) in [4.78, 5) is 22.4. The largest absolute Gasteiger partial charge is 0.444 e. The number of ether oxygens (including phenoxy) is 1. The zero-order valence-electron chi connectivity index (χ0n) is 11.7. The third-order valence-electron chi connectivity index (χ3n) is 2.19. The fourth-order valence-corrected chi connectivity index (χ4v) is 1.31. The molecule has 0 spiro atoms. The van der Waals surface area contributed by atoms with Gasteiger partial charge < -0.3 is 21.1 Å². The predicted octanol–water partition coefficient (Wildman–Crippen LogP) is 0.755. The van der Waals surface area contributed by atoms with Gasteiger partial charge in [0.2, 0.25) is 5.91 Å². The van der Waals surface area contributed by atoms with Gasteiger partial charge in [-0.3, -0.25) is 4.79 Å². The summed E-state index contributed by atoms with van der Waals surface area (Å²) in [5.41, 5.74) is 5.15. The van der Waals surface area contributed by atoms with Crippen LogP contribution < -0.4 is 16.4 Å². The van der Waals surface area contributed by atoms with E-state index in [1.54, 1.807) is 7.05 Å². The van der Waals surface area contributed by atoms with Gasteiger partial charge in [0, 0.05) is 13.6 Å². The summed E-state index contributed by atoms with van der Waals surface area (Å²) in [7, 11) is 1.56. The van der Waals surface area contributed by atoms with Gasteiger partial charge in [0.05, 0.1) is 6.04 Å². The molecule has 0 aliphatic rings. The van der Waals surface area contributed by atoms with Crippen molar-refractivity contribution in [1.82, 2.24) is 10.6 Å². The average Bonchev–Trinajstić information content (AvgIpc) is 2.24. The lowest BCUT2D eigenvalue weighted by Gasteiger charge is -2.19. The molecule has 0 unspecified atom stereocenters. The molecule has 0 aliphatic heterocycles. The van der Waals surface area contributed by atoms with E-state index in [9.17, 15) is 9.59 Å². The quantitative estimate of drug-likeness (QED) is 0.614. The Bertz CT molecular complexity index is 274. The van der Waals surface area contributed by atoms with Crippen molar-refractivity contribution in [2.75, 3.05) is 13.6 Å². The summed E-state index contributed by atoms with van der Waals surface area (Å²) in [5.74, 6) is -0.157. The van der Waals surface area contributed by atoms with E-state index in [0.29, 0.717) is 13.0 Å². The van der Waals surface area contributed by atoms with Crippen LogP contribution in [0.1, 0.15) is 40.0 Å². The number of amides is 2. The molecule has 2 amide bonds. The lowest BCUT2D eigenvalue weighted by atomic mass is 10.1. The summed E-state index contributed by atoms with van der Waals surface area (Å²) >= 11 is 0. The van der Waals surface area contributed by atoms with Crippen molar-refractivity contribution in [3.8, 4) is 0 Å². The van der Waals surface area contributed by atoms with E-state index in [1.807, 2.05) is 20.8 Å². The number of carbonyl (C=O) groups is 2. The van der Waals surface area contributed by atoms with E-state index in [4.69, 9.17) is 10.5 Å². The van der Waals surface area contributed by atoms with Crippen molar-refractivity contribution in [2.45, 2.75) is 51.7 Å². The van der Waals surface area contributed by atoms with Gasteiger partial charge in [-0.25, -0.2) is 4.79 Å². The molecule has 1 atom stereocenters. The molecular formula is C12H25N3O3. The van der Waals surface area contributed by atoms with Gasteiger partial charge in [0.25, 0.3) is 0 Å². The first kappa shape index (κ1) is 16.7. The number of likely N-dealkylation sites (N-methyl/N-ethyl adjacent to an activating group) is 1. The minimum atomic E-state index is -0.481. The monoisotopic (exact) mass is 259 g/mol. The summed E-state index contributed by atoms with van der Waals surface area (Å²) in [6, 6.07) is -0.475. The number of carbonyl (C=O) groups excluding carboxylic acids is 2. The van der Waals surface area contributed by atoms with Crippen LogP contribution in [0, 0.1) is 0 Å². The van der Waals surface area contributed by atoms with Crippen LogP contribution in [0.15, 0.2) is 0 Å². The summed E-state index contributed by atoms with van der Waals surface area (Å²) in [6.07, 6.45) is 1.74. The van der Waals surface area contributed by atoms with Crippen molar-refractivity contribution in [3.63, 3.8) is 0 Å². The Hall–Kier alpha value is -1.30. The second kappa shape index (κ2) is 7.92. The van der Waals surface area contributed by atoms with Crippen molar-refractivity contribution in [3.05, 3.63) is 0 Å². The van der Waals surface area contributed by atoms with Gasteiger partial charge >= 0.3 is 6.09 Å². The van der Waals surface area contributed by atoms with Crippen LogP contribution in [0.2, 0.25) is 0 Å². The normalized spacial score (nSPS) is 12.7. The Balaban J connectivity index is 3.57. The highest BCUT2D eigenvalue weighted by Gasteiger charge is 2.15. The molecule has 0 aliphatic carbocycles. The van der Waals surface area contributed by atoms with Crippen LogP contribution in [0.3, 0.4) is 0 Å². The number of alkyl carbamates (subject to hydrolysis) is 1. The Morgan fingerprint density at radius 2 is 1.89 bits per heavy atom. The Labute approximate surface area is 109 Å². The molecule has 0 radical (unpaired) electrons. The molecule has 0 aromatic carbocycles. The first-order valence-electron chi connectivity index (χ1n) is 6.20. The lowest BCUT2D eigenvalue weighted by Crippen LogP contribution is -2.38. The number of hydrogen-bond donors (Lipinski definition) is 3. The maximum atomic E-state index is 11.3. The molecule has 0 saturated carbocycles. The minimum absolute atomic E-state index is 0.157. The molecule has 0 rings (SSSR count). The average molecular weight is 259 g/mol. The lowest BCUT2D eigenvalue weighted by molar-refractivity contribution is -0.122. The van der Waals surface area contributed by atoms with Gasteiger partial charge in [0.1, 0.15) is 5.60 Å². The van der Waals surface area contributed by atoms with E-state index < -0.39 is 17.7 Å². The fraction of sp³-hybridized carbons (Fsp3) is 0.833. The van der Waals surface area contributed by atoms with Crippen LogP contribution in [0.25, 0.3) is 0 Å². The number of hydrogen-bond acceptors (Lipinski definition) is 4. The third kappa shape index (κ3) is 8.81. The number of nitrogens with one attached hydrogen (secondary N) is 2. The predicted molar refractivity (Wildman–Crippen MR) is 70.1 cm³/mol. The fourth-order valence-electron chi connectivity index (χ4n) is 1.31. The van der Waals surface area contributed by atoms with Gasteiger partial charge in [0.15, 0.2) is 0 Å². The maximum Gasteiger partial charge on any atom is 0.407 e. The summed E-state index contributed by atoms with van der Waals surface area (Å²) < 4.78 is 5.08. The van der Waals surface area contributed by atoms with E-state index in [0.717, 1.165) is 12.8 Å². The molecule has 0 bridgehead atoms. The van der Waals surface area contributed by atoms with Crippen LogP contribution in [0.4, 0.5) is 4.79 Å². The highest BCUT2D eigenvalue weighted by molar-refractivity contribution is 5.81. The maximum absolute atomic E-state index is 11.3. The van der Waals surface area contributed by atoms with Gasteiger partial charge in [-0.1, -0.05) is 0 Å². The molecule has 0 heterocycles. The molecule has 106 valence electrons. The molecular weight excluding hydrogens is 234 g/mol. The molecule has 0 saturated heterocycles. The topological polar surface area (TPSA) is 93.5 Å². The number of rotatable bonds is 6. The first-order valence-corrected chi connectivity index (χ1v) is 6.20.